The number of rotatable bonds is 6. The van der Waals surface area contributed by atoms with Crippen LogP contribution in [0.1, 0.15) is 22.3 Å². The molecule has 2 aromatic carbocycles. The number of hydrogen-bond donors (Lipinski definition) is 1. The van der Waals surface area contributed by atoms with Gasteiger partial charge in [0.2, 0.25) is 5.88 Å². The highest BCUT2D eigenvalue weighted by molar-refractivity contribution is 7.92. The SMILES string of the molecule is COc1ccc(S(=O)(=O)N2CCCc3cc(NC(=O)c4cn(C)nc4OC)ccc32)cc1. The van der Waals surface area contributed by atoms with Crippen LogP contribution in [0.15, 0.2) is 53.6 Å². The Morgan fingerprint density at radius 3 is 2.53 bits per heavy atom. The highest BCUT2D eigenvalue weighted by atomic mass is 32.2. The summed E-state index contributed by atoms with van der Waals surface area (Å²) in [5.74, 6) is 0.474. The Bertz CT molecular complexity index is 1250. The average Bonchev–Trinajstić information content (AvgIpc) is 3.19. The first-order valence-corrected chi connectivity index (χ1v) is 11.5. The van der Waals surface area contributed by atoms with Gasteiger partial charge in [0.15, 0.2) is 0 Å². The maximum atomic E-state index is 13.3. The lowest BCUT2D eigenvalue weighted by molar-refractivity contribution is 0.102. The minimum atomic E-state index is -3.72. The highest BCUT2D eigenvalue weighted by Crippen LogP contribution is 2.34. The van der Waals surface area contributed by atoms with Gasteiger partial charge in [0.1, 0.15) is 11.3 Å². The molecule has 1 N–H and O–H groups in total. The first-order chi connectivity index (χ1) is 15.3. The van der Waals surface area contributed by atoms with Crippen LogP contribution in [0, 0.1) is 0 Å². The Morgan fingerprint density at radius 2 is 1.84 bits per heavy atom. The van der Waals surface area contributed by atoms with E-state index in [4.69, 9.17) is 9.47 Å². The van der Waals surface area contributed by atoms with Gasteiger partial charge in [-0.15, -0.1) is 5.10 Å². The van der Waals surface area contributed by atoms with E-state index in [-0.39, 0.29) is 16.7 Å². The Hall–Kier alpha value is -3.53. The quantitative estimate of drug-likeness (QED) is 0.612. The molecule has 1 aromatic heterocycles. The van der Waals surface area contributed by atoms with Gasteiger partial charge in [-0.25, -0.2) is 8.42 Å². The number of nitrogens with zero attached hydrogens (tertiary/aromatic N) is 3. The summed E-state index contributed by atoms with van der Waals surface area (Å²) < 4.78 is 39.7. The number of benzene rings is 2. The normalized spacial score (nSPS) is 13.4. The van der Waals surface area contributed by atoms with E-state index in [1.54, 1.807) is 37.5 Å². The van der Waals surface area contributed by atoms with Crippen LogP contribution >= 0.6 is 0 Å². The molecule has 0 aliphatic carbocycles. The number of hydrogen-bond acceptors (Lipinski definition) is 6. The minimum absolute atomic E-state index is 0.201. The molecule has 4 rings (SSSR count). The van der Waals surface area contributed by atoms with Crippen molar-refractivity contribution in [2.75, 3.05) is 30.4 Å². The van der Waals surface area contributed by atoms with E-state index in [1.165, 1.54) is 35.3 Å². The Morgan fingerprint density at radius 1 is 1.09 bits per heavy atom. The smallest absolute Gasteiger partial charge is 0.264 e. The van der Waals surface area contributed by atoms with Crippen molar-refractivity contribution in [1.82, 2.24) is 9.78 Å². The lowest BCUT2D eigenvalue weighted by atomic mass is 10.0. The van der Waals surface area contributed by atoms with Gasteiger partial charge in [0, 0.05) is 25.5 Å². The van der Waals surface area contributed by atoms with E-state index in [1.807, 2.05) is 6.07 Å². The molecule has 1 aliphatic heterocycles. The molecular formula is C22H24N4O5S. The number of amides is 1. The number of carbonyl (C=O) groups excluding carboxylic acids is 1. The molecule has 0 radical (unpaired) electrons. The van der Waals surface area contributed by atoms with Crippen LogP contribution in [0.3, 0.4) is 0 Å². The minimum Gasteiger partial charge on any atom is -0.497 e. The van der Waals surface area contributed by atoms with Gasteiger partial charge in [0.05, 0.1) is 24.8 Å². The summed E-state index contributed by atoms with van der Waals surface area (Å²) in [6.45, 7) is 0.389. The summed E-state index contributed by atoms with van der Waals surface area (Å²) >= 11 is 0. The Labute approximate surface area is 186 Å². The maximum absolute atomic E-state index is 13.3. The van der Waals surface area contributed by atoms with Crippen LogP contribution < -0.4 is 19.1 Å². The van der Waals surface area contributed by atoms with Crippen molar-refractivity contribution >= 4 is 27.3 Å². The number of aryl methyl sites for hydroxylation is 2. The van der Waals surface area contributed by atoms with Crippen molar-refractivity contribution in [1.29, 1.82) is 0 Å². The molecule has 0 unspecified atom stereocenters. The van der Waals surface area contributed by atoms with Crippen molar-refractivity contribution < 1.29 is 22.7 Å². The van der Waals surface area contributed by atoms with E-state index < -0.39 is 10.0 Å². The molecule has 168 valence electrons. The monoisotopic (exact) mass is 456 g/mol. The van der Waals surface area contributed by atoms with Gasteiger partial charge in [-0.2, -0.15) is 0 Å². The topological polar surface area (TPSA) is 103 Å². The number of ether oxygens (including phenoxy) is 2. The van der Waals surface area contributed by atoms with Crippen molar-refractivity contribution in [3.8, 4) is 11.6 Å². The number of methoxy groups -OCH3 is 2. The average molecular weight is 457 g/mol. The molecule has 32 heavy (non-hydrogen) atoms. The number of nitrogens with one attached hydrogen (secondary N) is 1. The van der Waals surface area contributed by atoms with Crippen LogP contribution in [0.5, 0.6) is 11.6 Å². The van der Waals surface area contributed by atoms with Crippen LogP contribution in [-0.2, 0) is 23.5 Å². The molecule has 10 heteroatoms. The third kappa shape index (κ3) is 4.01. The number of carbonyl (C=O) groups is 1. The molecule has 1 amide bonds. The Kier molecular flexibility index (Phi) is 5.79. The summed E-state index contributed by atoms with van der Waals surface area (Å²) in [4.78, 5) is 12.9. The summed E-state index contributed by atoms with van der Waals surface area (Å²) in [6.07, 6.45) is 2.97. The second kappa shape index (κ2) is 8.54. The van der Waals surface area contributed by atoms with E-state index in [9.17, 15) is 13.2 Å². The van der Waals surface area contributed by atoms with E-state index in [0.29, 0.717) is 42.1 Å². The fourth-order valence-electron chi connectivity index (χ4n) is 3.74. The van der Waals surface area contributed by atoms with Gasteiger partial charge in [0.25, 0.3) is 15.9 Å². The molecule has 0 fully saturated rings. The third-order valence-electron chi connectivity index (χ3n) is 5.29. The Balaban J connectivity index is 1.60. The predicted molar refractivity (Wildman–Crippen MR) is 120 cm³/mol. The van der Waals surface area contributed by atoms with Crippen molar-refractivity contribution in [2.24, 2.45) is 7.05 Å². The summed E-state index contributed by atoms with van der Waals surface area (Å²) in [5, 5.41) is 6.93. The molecule has 2 heterocycles. The van der Waals surface area contributed by atoms with E-state index in [0.717, 1.165) is 5.56 Å². The van der Waals surface area contributed by atoms with Crippen LogP contribution in [0.25, 0.3) is 0 Å². The van der Waals surface area contributed by atoms with Gasteiger partial charge in [-0.05, 0) is 60.9 Å². The molecule has 0 atom stereocenters. The van der Waals surface area contributed by atoms with Gasteiger partial charge < -0.3 is 14.8 Å². The van der Waals surface area contributed by atoms with Crippen molar-refractivity contribution in [3.05, 3.63) is 59.8 Å². The summed E-state index contributed by atoms with van der Waals surface area (Å²) in [6, 6.07) is 11.6. The lowest BCUT2D eigenvalue weighted by Crippen LogP contribution is -2.35. The van der Waals surface area contributed by atoms with E-state index >= 15 is 0 Å². The lowest BCUT2D eigenvalue weighted by Gasteiger charge is -2.31. The molecule has 0 spiro atoms. The fourth-order valence-corrected chi connectivity index (χ4v) is 5.28. The van der Waals surface area contributed by atoms with Crippen molar-refractivity contribution in [3.63, 3.8) is 0 Å². The second-order valence-electron chi connectivity index (χ2n) is 7.38. The number of anilines is 2. The number of aromatic nitrogens is 2. The van der Waals surface area contributed by atoms with Gasteiger partial charge in [-0.1, -0.05) is 0 Å². The first kappa shape index (κ1) is 21.7. The number of fused-ring (bicyclic) bond motifs is 1. The standard InChI is InChI=1S/C22H24N4O5S/c1-25-14-19(22(24-25)31-3)21(27)23-16-6-11-20-15(13-16)5-4-12-26(20)32(28,29)18-9-7-17(30-2)8-10-18/h6-11,13-14H,4-5,12H2,1-3H3,(H,23,27). The molecular weight excluding hydrogens is 432 g/mol. The predicted octanol–water partition coefficient (Wildman–Crippen LogP) is 2.83. The first-order valence-electron chi connectivity index (χ1n) is 10.0. The zero-order chi connectivity index (χ0) is 22.9. The number of sulfonamides is 1. The molecule has 1 aliphatic rings. The summed E-state index contributed by atoms with van der Waals surface area (Å²) in [7, 11) is 0.969. The largest absolute Gasteiger partial charge is 0.497 e. The van der Waals surface area contributed by atoms with Gasteiger partial charge >= 0.3 is 0 Å². The second-order valence-corrected chi connectivity index (χ2v) is 9.24. The zero-order valence-electron chi connectivity index (χ0n) is 18.0. The molecule has 3 aromatic rings. The zero-order valence-corrected chi connectivity index (χ0v) is 18.8. The molecule has 9 nitrogen and oxygen atoms in total. The van der Waals surface area contributed by atoms with Crippen LogP contribution in [0.2, 0.25) is 0 Å². The summed E-state index contributed by atoms with van der Waals surface area (Å²) in [5.41, 5.74) is 2.35. The van der Waals surface area contributed by atoms with Gasteiger partial charge in [-0.3, -0.25) is 13.8 Å². The molecule has 0 saturated heterocycles. The van der Waals surface area contributed by atoms with E-state index in [2.05, 4.69) is 10.4 Å². The van der Waals surface area contributed by atoms with Crippen LogP contribution in [-0.4, -0.2) is 44.9 Å². The fraction of sp³-hybridized carbons (Fsp3) is 0.273. The maximum Gasteiger partial charge on any atom is 0.264 e. The third-order valence-corrected chi connectivity index (χ3v) is 7.12. The highest BCUT2D eigenvalue weighted by Gasteiger charge is 2.29. The molecule has 0 bridgehead atoms. The molecule has 0 saturated carbocycles. The van der Waals surface area contributed by atoms with Crippen molar-refractivity contribution in [2.45, 2.75) is 17.7 Å². The van der Waals surface area contributed by atoms with Crippen LogP contribution in [0.4, 0.5) is 11.4 Å².